The van der Waals surface area contributed by atoms with Gasteiger partial charge < -0.3 is 5.11 Å². The van der Waals surface area contributed by atoms with Crippen LogP contribution in [0.1, 0.15) is 70.5 Å². The van der Waals surface area contributed by atoms with Gasteiger partial charge in [-0.1, -0.05) is 45.4 Å². The fourth-order valence-electron chi connectivity index (χ4n) is 2.72. The van der Waals surface area contributed by atoms with Crippen LogP contribution < -0.4 is 4.57 Å². The molecule has 4 nitrogen and oxygen atoms in total. The molecule has 0 aromatic carbocycles. The monoisotopic (exact) mass is 295 g/mol. The first-order chi connectivity index (χ1) is 10.1. The number of rotatable bonds is 12. The van der Waals surface area contributed by atoms with Gasteiger partial charge >= 0.3 is 5.97 Å². The van der Waals surface area contributed by atoms with Crippen molar-refractivity contribution < 1.29 is 14.5 Å². The number of aryl methyl sites for hydroxylation is 2. The van der Waals surface area contributed by atoms with Crippen LogP contribution in [0.15, 0.2) is 12.4 Å². The SMILES string of the molecule is CCCCCCCCCc1n(CCCC(=O)O)cc[n+]1C. The smallest absolute Gasteiger partial charge is 0.303 e. The quantitative estimate of drug-likeness (QED) is 0.474. The summed E-state index contributed by atoms with van der Waals surface area (Å²) in [5.41, 5.74) is 0. The lowest BCUT2D eigenvalue weighted by Crippen LogP contribution is -2.32. The van der Waals surface area contributed by atoms with E-state index in [2.05, 4.69) is 35.5 Å². The molecule has 0 aliphatic carbocycles. The Morgan fingerprint density at radius 2 is 1.81 bits per heavy atom. The minimum atomic E-state index is -0.708. The lowest BCUT2D eigenvalue weighted by molar-refractivity contribution is -0.678. The van der Waals surface area contributed by atoms with Crippen LogP contribution in [0.3, 0.4) is 0 Å². The summed E-state index contributed by atoms with van der Waals surface area (Å²) >= 11 is 0. The van der Waals surface area contributed by atoms with Crippen LogP contribution >= 0.6 is 0 Å². The highest BCUT2D eigenvalue weighted by Crippen LogP contribution is 2.10. The summed E-state index contributed by atoms with van der Waals surface area (Å²) in [4.78, 5) is 10.6. The van der Waals surface area contributed by atoms with E-state index in [4.69, 9.17) is 5.11 Å². The lowest BCUT2D eigenvalue weighted by Gasteiger charge is -2.03. The normalized spacial score (nSPS) is 11.0. The molecule has 4 heteroatoms. The highest BCUT2D eigenvalue weighted by atomic mass is 16.4. The van der Waals surface area contributed by atoms with E-state index in [1.807, 2.05) is 0 Å². The summed E-state index contributed by atoms with van der Waals surface area (Å²) in [6.07, 6.45) is 15.4. The maximum absolute atomic E-state index is 10.6. The molecule has 0 saturated carbocycles. The van der Waals surface area contributed by atoms with Crippen LogP contribution in [-0.2, 0) is 24.8 Å². The number of aromatic nitrogens is 2. The third-order valence-corrected chi connectivity index (χ3v) is 4.00. The zero-order chi connectivity index (χ0) is 15.5. The molecule has 1 N–H and O–H groups in total. The number of hydrogen-bond donors (Lipinski definition) is 1. The van der Waals surface area contributed by atoms with Crippen molar-refractivity contribution in [2.75, 3.05) is 0 Å². The van der Waals surface area contributed by atoms with Crippen molar-refractivity contribution in [3.8, 4) is 0 Å². The molecule has 21 heavy (non-hydrogen) atoms. The molecule has 1 aromatic heterocycles. The molecule has 0 aliphatic rings. The standard InChI is InChI=1S/C17H30N2O2/c1-3-4-5-6-7-8-9-11-16-18(2)14-15-19(16)13-10-12-17(20)21/h14-15H,3-13H2,1-2H3/p+1. The second-order valence-corrected chi connectivity index (χ2v) is 5.89. The van der Waals surface area contributed by atoms with Gasteiger partial charge in [-0.05, 0) is 12.8 Å². The lowest BCUT2D eigenvalue weighted by atomic mass is 10.1. The number of hydrogen-bond acceptors (Lipinski definition) is 1. The maximum atomic E-state index is 10.6. The first kappa shape index (κ1) is 17.7. The summed E-state index contributed by atoms with van der Waals surface area (Å²) in [5, 5.41) is 8.71. The van der Waals surface area contributed by atoms with Gasteiger partial charge in [-0.15, -0.1) is 0 Å². The average molecular weight is 295 g/mol. The molecule has 0 spiro atoms. The summed E-state index contributed by atoms with van der Waals surface area (Å²) in [5.74, 6) is 0.606. The second-order valence-electron chi connectivity index (χ2n) is 5.89. The fourth-order valence-corrected chi connectivity index (χ4v) is 2.72. The summed E-state index contributed by atoms with van der Waals surface area (Å²) in [7, 11) is 2.07. The summed E-state index contributed by atoms with van der Waals surface area (Å²) in [6, 6.07) is 0. The highest BCUT2D eigenvalue weighted by molar-refractivity contribution is 5.66. The molecule has 1 heterocycles. The van der Waals surface area contributed by atoms with Crippen LogP contribution in [0.2, 0.25) is 0 Å². The van der Waals surface area contributed by atoms with Gasteiger partial charge in [-0.2, -0.15) is 0 Å². The molecule has 0 bridgehead atoms. The molecular weight excluding hydrogens is 264 g/mol. The van der Waals surface area contributed by atoms with E-state index in [0.717, 1.165) is 13.0 Å². The average Bonchev–Trinajstić information content (AvgIpc) is 2.79. The molecule has 0 radical (unpaired) electrons. The third-order valence-electron chi connectivity index (χ3n) is 4.00. The van der Waals surface area contributed by atoms with E-state index < -0.39 is 5.97 Å². The minimum absolute atomic E-state index is 0.249. The zero-order valence-electron chi connectivity index (χ0n) is 13.7. The van der Waals surface area contributed by atoms with Crippen molar-refractivity contribution in [3.63, 3.8) is 0 Å². The Morgan fingerprint density at radius 1 is 1.14 bits per heavy atom. The van der Waals surface area contributed by atoms with Gasteiger partial charge in [0.05, 0.1) is 13.6 Å². The highest BCUT2D eigenvalue weighted by Gasteiger charge is 2.14. The van der Waals surface area contributed by atoms with E-state index in [0.29, 0.717) is 6.42 Å². The third kappa shape index (κ3) is 7.30. The van der Waals surface area contributed by atoms with Crippen molar-refractivity contribution in [1.29, 1.82) is 0 Å². The first-order valence-electron chi connectivity index (χ1n) is 8.40. The van der Waals surface area contributed by atoms with E-state index in [-0.39, 0.29) is 6.42 Å². The topological polar surface area (TPSA) is 46.1 Å². The van der Waals surface area contributed by atoms with Gasteiger partial charge in [-0.25, -0.2) is 9.13 Å². The van der Waals surface area contributed by atoms with Crippen molar-refractivity contribution in [2.24, 2.45) is 7.05 Å². The molecule has 1 rings (SSSR count). The van der Waals surface area contributed by atoms with Crippen LogP contribution in [0.5, 0.6) is 0 Å². The molecule has 0 saturated heterocycles. The number of unbranched alkanes of at least 4 members (excludes halogenated alkanes) is 6. The minimum Gasteiger partial charge on any atom is -0.481 e. The Kier molecular flexibility index (Phi) is 8.79. The molecule has 0 fully saturated rings. The van der Waals surface area contributed by atoms with E-state index in [1.54, 1.807) is 0 Å². The Labute approximate surface area is 128 Å². The molecular formula is C17H31N2O2+. The Bertz CT molecular complexity index is 413. The van der Waals surface area contributed by atoms with E-state index in [1.165, 1.54) is 50.8 Å². The van der Waals surface area contributed by atoms with E-state index >= 15 is 0 Å². The second kappa shape index (κ2) is 10.4. The summed E-state index contributed by atoms with van der Waals surface area (Å²) in [6.45, 7) is 3.05. The number of carboxylic acids is 1. The van der Waals surface area contributed by atoms with Gasteiger partial charge in [0.1, 0.15) is 12.4 Å². The van der Waals surface area contributed by atoms with Gasteiger partial charge in [-0.3, -0.25) is 4.79 Å². The van der Waals surface area contributed by atoms with Crippen LogP contribution in [0, 0.1) is 0 Å². The number of carbonyl (C=O) groups is 1. The Balaban J connectivity index is 2.27. The maximum Gasteiger partial charge on any atom is 0.303 e. The fraction of sp³-hybridized carbons (Fsp3) is 0.765. The molecule has 0 amide bonds. The Morgan fingerprint density at radius 3 is 2.48 bits per heavy atom. The summed E-state index contributed by atoms with van der Waals surface area (Å²) < 4.78 is 4.37. The van der Waals surface area contributed by atoms with Gasteiger partial charge in [0.2, 0.25) is 0 Å². The van der Waals surface area contributed by atoms with Gasteiger partial charge in [0.15, 0.2) is 0 Å². The van der Waals surface area contributed by atoms with Crippen molar-refractivity contribution in [1.82, 2.24) is 4.57 Å². The molecule has 0 aliphatic heterocycles. The van der Waals surface area contributed by atoms with Gasteiger partial charge in [0.25, 0.3) is 5.82 Å². The van der Waals surface area contributed by atoms with Crippen LogP contribution in [0.4, 0.5) is 0 Å². The van der Waals surface area contributed by atoms with Crippen molar-refractivity contribution >= 4 is 5.97 Å². The molecule has 0 unspecified atom stereocenters. The Hall–Kier alpha value is -1.32. The number of imidazole rings is 1. The predicted molar refractivity (Wildman–Crippen MR) is 84.2 cm³/mol. The first-order valence-corrected chi connectivity index (χ1v) is 8.40. The van der Waals surface area contributed by atoms with Crippen LogP contribution in [0.25, 0.3) is 0 Å². The molecule has 1 aromatic rings. The van der Waals surface area contributed by atoms with Crippen molar-refractivity contribution in [3.05, 3.63) is 18.2 Å². The number of nitrogens with zero attached hydrogens (tertiary/aromatic N) is 2. The van der Waals surface area contributed by atoms with Crippen LogP contribution in [-0.4, -0.2) is 15.6 Å². The number of aliphatic carboxylic acids is 1. The molecule has 0 atom stereocenters. The number of carboxylic acid groups (broad SMARTS) is 1. The van der Waals surface area contributed by atoms with Gasteiger partial charge in [0, 0.05) is 12.8 Å². The molecule has 120 valence electrons. The van der Waals surface area contributed by atoms with E-state index in [9.17, 15) is 4.79 Å². The largest absolute Gasteiger partial charge is 0.481 e. The predicted octanol–water partition coefficient (Wildman–Crippen LogP) is 3.47. The van der Waals surface area contributed by atoms with Crippen molar-refractivity contribution in [2.45, 2.75) is 77.7 Å². The zero-order valence-corrected chi connectivity index (χ0v) is 13.7.